The zero-order valence-electron chi connectivity index (χ0n) is 11.9. The predicted molar refractivity (Wildman–Crippen MR) is 81.7 cm³/mol. The smallest absolute Gasteiger partial charge is 0.323 e. The minimum Gasteiger partial charge on any atom is -0.502 e. The number of amides is 2. The van der Waals surface area contributed by atoms with E-state index < -0.39 is 56.2 Å². The standard InChI is InChI=1S/C12H7N3O9S/c16-9(17)4-13-11(19)8(25-12(13)20)2-5-1-6(14(21)22)3-7(10(5)18)15(23)24/h1-3,18H,4H2,(H,16,17)/b8-2+. The van der Waals surface area contributed by atoms with Crippen LogP contribution in [0.1, 0.15) is 5.56 Å². The number of benzene rings is 1. The number of phenolic OH excluding ortho intramolecular Hbond substituents is 1. The van der Waals surface area contributed by atoms with Crippen LogP contribution < -0.4 is 0 Å². The molecule has 2 amide bonds. The first kappa shape index (κ1) is 17.9. The Morgan fingerprint density at radius 2 is 1.88 bits per heavy atom. The van der Waals surface area contributed by atoms with Crippen molar-refractivity contribution in [3.05, 3.63) is 42.8 Å². The van der Waals surface area contributed by atoms with Crippen molar-refractivity contribution in [3.63, 3.8) is 0 Å². The number of hydrogen-bond donors (Lipinski definition) is 2. The van der Waals surface area contributed by atoms with Crippen molar-refractivity contribution in [2.45, 2.75) is 0 Å². The van der Waals surface area contributed by atoms with Crippen molar-refractivity contribution in [1.29, 1.82) is 0 Å². The number of thioether (sulfide) groups is 1. The average Bonchev–Trinajstić information content (AvgIpc) is 2.76. The molecular formula is C12H7N3O9S. The number of carbonyl (C=O) groups is 3. The highest BCUT2D eigenvalue weighted by atomic mass is 32.2. The zero-order valence-corrected chi connectivity index (χ0v) is 12.8. The number of carboxylic acid groups (broad SMARTS) is 1. The number of imide groups is 1. The van der Waals surface area contributed by atoms with Gasteiger partial charge in [-0.3, -0.25) is 39.5 Å². The predicted octanol–water partition coefficient (Wildman–Crippen LogP) is 1.33. The highest BCUT2D eigenvalue weighted by molar-refractivity contribution is 8.18. The van der Waals surface area contributed by atoms with Crippen LogP contribution >= 0.6 is 11.8 Å². The van der Waals surface area contributed by atoms with Crippen molar-refractivity contribution in [2.75, 3.05) is 6.54 Å². The van der Waals surface area contributed by atoms with Gasteiger partial charge < -0.3 is 10.2 Å². The van der Waals surface area contributed by atoms with E-state index in [9.17, 15) is 39.7 Å². The molecule has 0 spiro atoms. The number of nitro groups is 2. The van der Waals surface area contributed by atoms with Crippen molar-refractivity contribution in [1.82, 2.24) is 4.90 Å². The molecule has 1 saturated heterocycles. The molecule has 130 valence electrons. The average molecular weight is 369 g/mol. The number of non-ortho nitro benzene ring substituents is 1. The fraction of sp³-hybridized carbons (Fsp3) is 0.0833. The molecule has 1 aromatic carbocycles. The van der Waals surface area contributed by atoms with Crippen LogP contribution in [0.15, 0.2) is 17.0 Å². The Hall–Kier alpha value is -3.48. The van der Waals surface area contributed by atoms with Crippen LogP contribution in [0.5, 0.6) is 5.75 Å². The van der Waals surface area contributed by atoms with E-state index in [0.29, 0.717) is 22.7 Å². The van der Waals surface area contributed by atoms with Crippen LogP contribution in [0.2, 0.25) is 0 Å². The number of carbonyl (C=O) groups excluding carboxylic acids is 2. The molecule has 1 fully saturated rings. The molecule has 2 rings (SSSR count). The van der Waals surface area contributed by atoms with Crippen LogP contribution in [-0.4, -0.2) is 48.6 Å². The largest absolute Gasteiger partial charge is 0.502 e. The Balaban J connectivity index is 2.52. The first-order chi connectivity index (χ1) is 11.6. The number of rotatable bonds is 5. The maximum atomic E-state index is 12.0. The molecule has 12 nitrogen and oxygen atoms in total. The van der Waals surface area contributed by atoms with Crippen LogP contribution in [0.4, 0.5) is 16.2 Å². The minimum atomic E-state index is -1.43. The molecule has 0 saturated carbocycles. The van der Waals surface area contributed by atoms with Gasteiger partial charge in [0.1, 0.15) is 6.54 Å². The van der Waals surface area contributed by atoms with Crippen LogP contribution in [-0.2, 0) is 9.59 Å². The summed E-state index contributed by atoms with van der Waals surface area (Å²) in [5.74, 6) is -3.36. The summed E-state index contributed by atoms with van der Waals surface area (Å²) in [6.45, 7) is -0.886. The molecule has 1 heterocycles. The van der Waals surface area contributed by atoms with Crippen molar-refractivity contribution in [3.8, 4) is 5.75 Å². The Morgan fingerprint density at radius 3 is 2.40 bits per heavy atom. The van der Waals surface area contributed by atoms with Gasteiger partial charge in [0.2, 0.25) is 5.75 Å². The van der Waals surface area contributed by atoms with E-state index in [1.807, 2.05) is 0 Å². The molecule has 25 heavy (non-hydrogen) atoms. The van der Waals surface area contributed by atoms with Gasteiger partial charge in [-0.15, -0.1) is 0 Å². The van der Waals surface area contributed by atoms with E-state index in [4.69, 9.17) is 5.11 Å². The molecule has 2 N–H and O–H groups in total. The molecule has 1 aromatic rings. The summed E-state index contributed by atoms with van der Waals surface area (Å²) in [4.78, 5) is 54.1. The van der Waals surface area contributed by atoms with E-state index in [1.165, 1.54) is 0 Å². The first-order valence-electron chi connectivity index (χ1n) is 6.24. The molecule has 0 aromatic heterocycles. The highest BCUT2D eigenvalue weighted by Crippen LogP contribution is 2.38. The number of nitrogens with zero attached hydrogens (tertiary/aromatic N) is 3. The van der Waals surface area contributed by atoms with Crippen molar-refractivity contribution >= 4 is 46.3 Å². The summed E-state index contributed by atoms with van der Waals surface area (Å²) in [5, 5.41) is 39.4. The molecule has 0 unspecified atom stereocenters. The maximum Gasteiger partial charge on any atom is 0.323 e. The van der Waals surface area contributed by atoms with Gasteiger partial charge in [-0.2, -0.15) is 0 Å². The van der Waals surface area contributed by atoms with E-state index in [1.54, 1.807) is 0 Å². The maximum absolute atomic E-state index is 12.0. The van der Waals surface area contributed by atoms with Crippen LogP contribution in [0.3, 0.4) is 0 Å². The van der Waals surface area contributed by atoms with Crippen molar-refractivity contribution in [2.24, 2.45) is 0 Å². The van der Waals surface area contributed by atoms with Crippen LogP contribution in [0, 0.1) is 20.2 Å². The second kappa shape index (κ2) is 6.56. The number of nitro benzene ring substituents is 2. The van der Waals surface area contributed by atoms with Gasteiger partial charge in [0.05, 0.1) is 20.8 Å². The lowest BCUT2D eigenvalue weighted by atomic mass is 10.1. The monoisotopic (exact) mass is 369 g/mol. The fourth-order valence-electron chi connectivity index (χ4n) is 1.89. The van der Waals surface area contributed by atoms with Gasteiger partial charge in [-0.1, -0.05) is 0 Å². The third-order valence-electron chi connectivity index (χ3n) is 2.97. The van der Waals surface area contributed by atoms with E-state index >= 15 is 0 Å². The summed E-state index contributed by atoms with van der Waals surface area (Å²) in [7, 11) is 0. The minimum absolute atomic E-state index is 0.337. The molecule has 0 aliphatic carbocycles. The molecule has 13 heteroatoms. The third kappa shape index (κ3) is 3.55. The lowest BCUT2D eigenvalue weighted by Gasteiger charge is -2.07. The lowest BCUT2D eigenvalue weighted by Crippen LogP contribution is -2.33. The molecule has 0 bridgehead atoms. The topological polar surface area (TPSA) is 181 Å². The summed E-state index contributed by atoms with van der Waals surface area (Å²) in [6, 6.07) is 1.33. The molecule has 0 atom stereocenters. The number of phenols is 1. The van der Waals surface area contributed by atoms with Crippen molar-refractivity contribution < 1.29 is 34.4 Å². The Kier molecular flexibility index (Phi) is 4.69. The lowest BCUT2D eigenvalue weighted by molar-refractivity contribution is -0.394. The second-order valence-electron chi connectivity index (χ2n) is 4.58. The second-order valence-corrected chi connectivity index (χ2v) is 5.57. The van der Waals surface area contributed by atoms with Gasteiger partial charge in [0, 0.05) is 11.6 Å². The summed E-state index contributed by atoms with van der Waals surface area (Å²) >= 11 is 0.340. The Labute approximate surface area is 141 Å². The van der Waals surface area contributed by atoms with Gasteiger partial charge in [-0.05, 0) is 17.8 Å². The summed E-state index contributed by atoms with van der Waals surface area (Å²) in [6.07, 6.45) is 0.849. The van der Waals surface area contributed by atoms with E-state index in [2.05, 4.69) is 0 Å². The van der Waals surface area contributed by atoms with Gasteiger partial charge in [0.25, 0.3) is 16.8 Å². The first-order valence-corrected chi connectivity index (χ1v) is 7.06. The normalized spacial score (nSPS) is 15.7. The van der Waals surface area contributed by atoms with Gasteiger partial charge in [0.15, 0.2) is 0 Å². The number of aromatic hydroxyl groups is 1. The summed E-state index contributed by atoms with van der Waals surface area (Å²) in [5.41, 5.74) is -2.09. The van der Waals surface area contributed by atoms with Crippen LogP contribution in [0.25, 0.3) is 6.08 Å². The Bertz CT molecular complexity index is 864. The summed E-state index contributed by atoms with van der Waals surface area (Å²) < 4.78 is 0. The SMILES string of the molecule is O=C(O)CN1C(=O)S/C(=C/c2cc([N+](=O)[O-])cc([N+](=O)[O-])c2O)C1=O. The Morgan fingerprint density at radius 1 is 1.24 bits per heavy atom. The third-order valence-corrected chi connectivity index (χ3v) is 3.87. The number of hydrogen-bond acceptors (Lipinski definition) is 9. The zero-order chi connectivity index (χ0) is 18.9. The highest BCUT2D eigenvalue weighted by Gasteiger charge is 2.37. The quantitative estimate of drug-likeness (QED) is 0.436. The molecule has 0 radical (unpaired) electrons. The molecular weight excluding hydrogens is 362 g/mol. The van der Waals surface area contributed by atoms with Gasteiger partial charge in [-0.25, -0.2) is 0 Å². The fourth-order valence-corrected chi connectivity index (χ4v) is 2.72. The van der Waals surface area contributed by atoms with Gasteiger partial charge >= 0.3 is 11.7 Å². The van der Waals surface area contributed by atoms with E-state index in [-0.39, 0.29) is 4.91 Å². The molecule has 1 aliphatic heterocycles. The number of aliphatic carboxylic acids is 1. The number of carboxylic acids is 1. The molecule has 1 aliphatic rings. The van der Waals surface area contributed by atoms with E-state index in [0.717, 1.165) is 12.1 Å².